The second-order valence-corrected chi connectivity index (χ2v) is 4.64. The summed E-state index contributed by atoms with van der Waals surface area (Å²) in [6.07, 6.45) is 1.62. The minimum Gasteiger partial charge on any atom is -0.457 e. The molecule has 0 atom stereocenters. The molecule has 0 unspecified atom stereocenters. The SMILES string of the molecule is CNCc1ccc(COc2ncn(C)n2)s1. The molecule has 2 aromatic rings. The summed E-state index contributed by atoms with van der Waals surface area (Å²) in [5, 5.41) is 7.16. The highest BCUT2D eigenvalue weighted by molar-refractivity contribution is 7.11. The van der Waals surface area contributed by atoms with Crippen LogP contribution in [0.15, 0.2) is 18.5 Å². The molecule has 0 bridgehead atoms. The zero-order chi connectivity index (χ0) is 11.4. The summed E-state index contributed by atoms with van der Waals surface area (Å²) >= 11 is 1.73. The molecule has 0 aliphatic rings. The molecule has 2 heterocycles. The zero-order valence-corrected chi connectivity index (χ0v) is 10.1. The highest BCUT2D eigenvalue weighted by Gasteiger charge is 2.03. The number of hydrogen-bond acceptors (Lipinski definition) is 5. The van der Waals surface area contributed by atoms with E-state index in [0.29, 0.717) is 12.6 Å². The number of nitrogens with one attached hydrogen (secondary N) is 1. The minimum absolute atomic E-state index is 0.422. The number of hydrogen-bond donors (Lipinski definition) is 1. The molecule has 0 aliphatic heterocycles. The predicted molar refractivity (Wildman–Crippen MR) is 62.4 cm³/mol. The second kappa shape index (κ2) is 5.09. The first-order chi connectivity index (χ1) is 7.78. The van der Waals surface area contributed by atoms with Gasteiger partial charge in [-0.1, -0.05) is 0 Å². The minimum atomic E-state index is 0.422. The lowest BCUT2D eigenvalue weighted by Gasteiger charge is -1.97. The third-order valence-corrected chi connectivity index (χ3v) is 3.05. The molecule has 16 heavy (non-hydrogen) atoms. The van der Waals surface area contributed by atoms with Crippen molar-refractivity contribution >= 4 is 11.3 Å². The van der Waals surface area contributed by atoms with E-state index in [1.165, 1.54) is 9.75 Å². The Kier molecular flexibility index (Phi) is 3.53. The summed E-state index contributed by atoms with van der Waals surface area (Å²) in [5.41, 5.74) is 0. The van der Waals surface area contributed by atoms with Crippen molar-refractivity contribution in [2.45, 2.75) is 13.2 Å². The van der Waals surface area contributed by atoms with Crippen LogP contribution in [0, 0.1) is 0 Å². The van der Waals surface area contributed by atoms with Crippen molar-refractivity contribution in [1.82, 2.24) is 20.1 Å². The highest BCUT2D eigenvalue weighted by atomic mass is 32.1. The van der Waals surface area contributed by atoms with Gasteiger partial charge in [-0.05, 0) is 19.2 Å². The largest absolute Gasteiger partial charge is 0.457 e. The summed E-state index contributed by atoms with van der Waals surface area (Å²) < 4.78 is 7.07. The summed E-state index contributed by atoms with van der Waals surface area (Å²) in [4.78, 5) is 6.48. The maximum absolute atomic E-state index is 5.45. The average molecular weight is 238 g/mol. The van der Waals surface area contributed by atoms with Gasteiger partial charge in [0.2, 0.25) is 0 Å². The summed E-state index contributed by atoms with van der Waals surface area (Å²) in [7, 11) is 3.75. The summed E-state index contributed by atoms with van der Waals surface area (Å²) in [5.74, 6) is 0. The quantitative estimate of drug-likeness (QED) is 0.849. The van der Waals surface area contributed by atoms with Crippen LogP contribution < -0.4 is 10.1 Å². The van der Waals surface area contributed by atoms with Gasteiger partial charge in [0.1, 0.15) is 12.9 Å². The normalized spacial score (nSPS) is 10.6. The Balaban J connectivity index is 1.89. The molecule has 0 aliphatic carbocycles. The molecular weight excluding hydrogens is 224 g/mol. The van der Waals surface area contributed by atoms with Crippen molar-refractivity contribution in [3.05, 3.63) is 28.2 Å². The Hall–Kier alpha value is -1.40. The number of ether oxygens (including phenoxy) is 1. The number of thiophene rings is 1. The van der Waals surface area contributed by atoms with Crippen molar-refractivity contribution < 1.29 is 4.74 Å². The molecule has 0 fully saturated rings. The van der Waals surface area contributed by atoms with Gasteiger partial charge in [0.05, 0.1) is 0 Å². The predicted octanol–water partition coefficient (Wildman–Crippen LogP) is 1.18. The zero-order valence-electron chi connectivity index (χ0n) is 9.30. The fourth-order valence-electron chi connectivity index (χ4n) is 1.29. The molecular formula is C10H14N4OS. The molecule has 0 amide bonds. The fourth-order valence-corrected chi connectivity index (χ4v) is 2.23. The maximum atomic E-state index is 5.45. The third kappa shape index (κ3) is 2.80. The molecule has 0 radical (unpaired) electrons. The van der Waals surface area contributed by atoms with Crippen molar-refractivity contribution in [2.75, 3.05) is 7.05 Å². The van der Waals surface area contributed by atoms with E-state index in [9.17, 15) is 0 Å². The smallest absolute Gasteiger partial charge is 0.335 e. The number of rotatable bonds is 5. The first-order valence-corrected chi connectivity index (χ1v) is 5.80. The second-order valence-electron chi connectivity index (χ2n) is 3.39. The van der Waals surface area contributed by atoms with E-state index in [1.807, 2.05) is 14.1 Å². The number of aromatic nitrogens is 3. The van der Waals surface area contributed by atoms with Crippen LogP contribution in [-0.2, 0) is 20.2 Å². The van der Waals surface area contributed by atoms with Crippen LogP contribution in [0.3, 0.4) is 0 Å². The Morgan fingerprint density at radius 2 is 2.25 bits per heavy atom. The van der Waals surface area contributed by atoms with Crippen molar-refractivity contribution in [3.63, 3.8) is 0 Å². The molecule has 5 nitrogen and oxygen atoms in total. The summed E-state index contributed by atoms with van der Waals surface area (Å²) in [6.45, 7) is 1.42. The van der Waals surface area contributed by atoms with Crippen molar-refractivity contribution in [1.29, 1.82) is 0 Å². The van der Waals surface area contributed by atoms with Crippen LogP contribution in [0.1, 0.15) is 9.75 Å². The molecule has 2 aromatic heterocycles. The van der Waals surface area contributed by atoms with E-state index in [4.69, 9.17) is 4.74 Å². The average Bonchev–Trinajstić information content (AvgIpc) is 2.85. The van der Waals surface area contributed by atoms with Gasteiger partial charge in [0, 0.05) is 23.3 Å². The Morgan fingerprint density at radius 1 is 1.44 bits per heavy atom. The topological polar surface area (TPSA) is 52.0 Å². The van der Waals surface area contributed by atoms with Gasteiger partial charge in [-0.25, -0.2) is 0 Å². The van der Waals surface area contributed by atoms with Crippen LogP contribution in [0.4, 0.5) is 0 Å². The van der Waals surface area contributed by atoms with E-state index in [1.54, 1.807) is 22.3 Å². The van der Waals surface area contributed by atoms with Crippen molar-refractivity contribution in [2.24, 2.45) is 7.05 Å². The van der Waals surface area contributed by atoms with E-state index < -0.39 is 0 Å². The van der Waals surface area contributed by atoms with Gasteiger partial charge in [-0.3, -0.25) is 4.68 Å². The first-order valence-electron chi connectivity index (χ1n) is 4.98. The van der Waals surface area contributed by atoms with Gasteiger partial charge >= 0.3 is 6.01 Å². The fraction of sp³-hybridized carbons (Fsp3) is 0.400. The molecule has 0 spiro atoms. The molecule has 86 valence electrons. The molecule has 2 rings (SSSR count). The maximum Gasteiger partial charge on any atom is 0.335 e. The molecule has 0 saturated carbocycles. The molecule has 0 aromatic carbocycles. The van der Waals surface area contributed by atoms with Gasteiger partial charge < -0.3 is 10.1 Å². The Labute approximate surface area is 98.1 Å². The lowest BCUT2D eigenvalue weighted by molar-refractivity contribution is 0.283. The van der Waals surface area contributed by atoms with E-state index in [0.717, 1.165) is 6.54 Å². The number of aryl methyl sites for hydroxylation is 1. The third-order valence-electron chi connectivity index (χ3n) is 1.99. The molecule has 0 saturated heterocycles. The molecule has 6 heteroatoms. The first kappa shape index (κ1) is 11.1. The Bertz CT molecular complexity index is 451. The van der Waals surface area contributed by atoms with Gasteiger partial charge in [0.25, 0.3) is 0 Å². The van der Waals surface area contributed by atoms with Crippen LogP contribution in [-0.4, -0.2) is 21.8 Å². The van der Waals surface area contributed by atoms with Crippen LogP contribution in [0.2, 0.25) is 0 Å². The van der Waals surface area contributed by atoms with Gasteiger partial charge in [-0.15, -0.1) is 16.4 Å². The standard InChI is InChI=1S/C10H14N4OS/c1-11-5-8-3-4-9(16-8)6-15-10-12-7-14(2)13-10/h3-4,7,11H,5-6H2,1-2H3. The number of nitrogens with zero attached hydrogens (tertiary/aromatic N) is 3. The van der Waals surface area contributed by atoms with Crippen LogP contribution >= 0.6 is 11.3 Å². The van der Waals surface area contributed by atoms with E-state index >= 15 is 0 Å². The van der Waals surface area contributed by atoms with Crippen LogP contribution in [0.5, 0.6) is 6.01 Å². The Morgan fingerprint density at radius 3 is 2.94 bits per heavy atom. The van der Waals surface area contributed by atoms with Crippen LogP contribution in [0.25, 0.3) is 0 Å². The lowest BCUT2D eigenvalue weighted by Crippen LogP contribution is -2.02. The van der Waals surface area contributed by atoms with Gasteiger partial charge in [-0.2, -0.15) is 4.98 Å². The van der Waals surface area contributed by atoms with Gasteiger partial charge in [0.15, 0.2) is 0 Å². The highest BCUT2D eigenvalue weighted by Crippen LogP contribution is 2.17. The van der Waals surface area contributed by atoms with Crippen molar-refractivity contribution in [3.8, 4) is 6.01 Å². The van der Waals surface area contributed by atoms with E-state index in [-0.39, 0.29) is 0 Å². The monoisotopic (exact) mass is 238 g/mol. The molecule has 1 N–H and O–H groups in total. The lowest BCUT2D eigenvalue weighted by atomic mass is 10.4. The van der Waals surface area contributed by atoms with E-state index in [2.05, 4.69) is 27.5 Å². The summed E-state index contributed by atoms with van der Waals surface area (Å²) in [6, 6.07) is 4.59.